The summed E-state index contributed by atoms with van der Waals surface area (Å²) in [6.45, 7) is 0.872. The molecule has 0 atom stereocenters. The zero-order valence-corrected chi connectivity index (χ0v) is 11.8. The lowest BCUT2D eigenvalue weighted by atomic mass is 10.1. The molecule has 1 N–H and O–H groups in total. The first-order chi connectivity index (χ1) is 10.7. The van der Waals surface area contributed by atoms with Gasteiger partial charge in [0, 0.05) is 25.4 Å². The molecule has 3 aromatic heterocycles. The van der Waals surface area contributed by atoms with Crippen molar-refractivity contribution in [2.24, 2.45) is 0 Å². The number of nitrogens with zero attached hydrogens (tertiary/aromatic N) is 3. The van der Waals surface area contributed by atoms with E-state index in [1.807, 2.05) is 12.1 Å². The topological polar surface area (TPSA) is 70.5 Å². The van der Waals surface area contributed by atoms with Crippen LogP contribution in [0.3, 0.4) is 0 Å². The molecule has 1 aliphatic rings. The highest BCUT2D eigenvalue weighted by molar-refractivity contribution is 5.92. The van der Waals surface area contributed by atoms with Gasteiger partial charge in [-0.3, -0.25) is 14.0 Å². The minimum absolute atomic E-state index is 0.0896. The molecule has 0 spiro atoms. The van der Waals surface area contributed by atoms with Crippen molar-refractivity contribution in [1.29, 1.82) is 0 Å². The summed E-state index contributed by atoms with van der Waals surface area (Å²) in [7, 11) is 0. The molecule has 1 amide bonds. The molecule has 0 aliphatic carbocycles. The van der Waals surface area contributed by atoms with E-state index in [-0.39, 0.29) is 11.5 Å². The van der Waals surface area contributed by atoms with Crippen LogP contribution in [-0.2, 0) is 13.0 Å². The standard InChI is InChI=1S/C16H14N4O2/c21-15-11-10-19(16(22)13-4-3-7-17-13)9-6-12(11)18-14-5-1-2-8-20(14)15/h1-5,7-8,17H,6,9-10H2. The average molecular weight is 294 g/mol. The number of hydrogen-bond donors (Lipinski definition) is 1. The molecule has 0 saturated heterocycles. The van der Waals surface area contributed by atoms with Gasteiger partial charge in [-0.1, -0.05) is 6.07 Å². The summed E-state index contributed by atoms with van der Waals surface area (Å²) in [5.74, 6) is -0.0896. The highest BCUT2D eigenvalue weighted by atomic mass is 16.2. The van der Waals surface area contributed by atoms with Crippen molar-refractivity contribution in [3.05, 3.63) is 70.0 Å². The number of nitrogens with one attached hydrogen (secondary N) is 1. The fourth-order valence-corrected chi connectivity index (χ4v) is 2.86. The second-order valence-corrected chi connectivity index (χ2v) is 5.33. The molecule has 0 unspecified atom stereocenters. The van der Waals surface area contributed by atoms with E-state index in [1.165, 1.54) is 4.40 Å². The summed E-state index contributed by atoms with van der Waals surface area (Å²) < 4.78 is 1.53. The normalized spacial score (nSPS) is 14.1. The van der Waals surface area contributed by atoms with E-state index >= 15 is 0 Å². The molecule has 110 valence electrons. The molecule has 0 aromatic carbocycles. The average Bonchev–Trinajstić information content (AvgIpc) is 3.09. The molecule has 0 radical (unpaired) electrons. The largest absolute Gasteiger partial charge is 0.357 e. The Morgan fingerprint density at radius 3 is 2.95 bits per heavy atom. The fraction of sp³-hybridized carbons (Fsp3) is 0.188. The van der Waals surface area contributed by atoms with Gasteiger partial charge in [0.2, 0.25) is 0 Å². The van der Waals surface area contributed by atoms with Crippen LogP contribution in [0.1, 0.15) is 21.7 Å². The summed E-state index contributed by atoms with van der Waals surface area (Å²) in [6.07, 6.45) is 4.02. The molecule has 4 rings (SSSR count). The minimum atomic E-state index is -0.0930. The van der Waals surface area contributed by atoms with Gasteiger partial charge in [0.05, 0.1) is 17.8 Å². The van der Waals surface area contributed by atoms with Crippen LogP contribution in [0, 0.1) is 0 Å². The quantitative estimate of drug-likeness (QED) is 0.733. The third-order valence-corrected chi connectivity index (χ3v) is 4.00. The fourth-order valence-electron chi connectivity index (χ4n) is 2.86. The SMILES string of the molecule is O=C(c1ccc[nH]1)N1CCc2nc3ccccn3c(=O)c2C1. The highest BCUT2D eigenvalue weighted by Crippen LogP contribution is 2.16. The maximum atomic E-state index is 12.6. The number of pyridine rings is 1. The van der Waals surface area contributed by atoms with Gasteiger partial charge in [-0.15, -0.1) is 0 Å². The maximum Gasteiger partial charge on any atom is 0.270 e. The summed E-state index contributed by atoms with van der Waals surface area (Å²) in [4.78, 5) is 34.2. The van der Waals surface area contributed by atoms with Gasteiger partial charge in [0.1, 0.15) is 11.3 Å². The van der Waals surface area contributed by atoms with E-state index in [4.69, 9.17) is 0 Å². The lowest BCUT2D eigenvalue weighted by Gasteiger charge is -2.27. The van der Waals surface area contributed by atoms with Crippen LogP contribution < -0.4 is 5.56 Å². The summed E-state index contributed by atoms with van der Waals surface area (Å²) in [5.41, 5.74) is 2.50. The Kier molecular flexibility index (Phi) is 2.82. The molecule has 0 saturated carbocycles. The first-order valence-electron chi connectivity index (χ1n) is 7.16. The Balaban J connectivity index is 1.76. The second-order valence-electron chi connectivity index (χ2n) is 5.33. The Labute approximate surface area is 126 Å². The van der Waals surface area contributed by atoms with Crippen molar-refractivity contribution in [3.63, 3.8) is 0 Å². The number of hydrogen-bond acceptors (Lipinski definition) is 3. The number of aromatic amines is 1. The number of H-pyrrole nitrogens is 1. The number of fused-ring (bicyclic) bond motifs is 2. The van der Waals surface area contributed by atoms with Crippen LogP contribution in [0.4, 0.5) is 0 Å². The van der Waals surface area contributed by atoms with Crippen molar-refractivity contribution in [2.45, 2.75) is 13.0 Å². The maximum absolute atomic E-state index is 12.6. The lowest BCUT2D eigenvalue weighted by Crippen LogP contribution is -2.40. The number of carbonyl (C=O) groups excluding carboxylic acids is 1. The number of aromatic nitrogens is 3. The predicted molar refractivity (Wildman–Crippen MR) is 80.7 cm³/mol. The van der Waals surface area contributed by atoms with Crippen LogP contribution >= 0.6 is 0 Å². The molecule has 4 heterocycles. The molecule has 6 nitrogen and oxygen atoms in total. The van der Waals surface area contributed by atoms with Crippen molar-refractivity contribution in [3.8, 4) is 0 Å². The molecule has 1 aliphatic heterocycles. The van der Waals surface area contributed by atoms with Crippen molar-refractivity contribution < 1.29 is 4.79 Å². The monoisotopic (exact) mass is 294 g/mol. The third-order valence-electron chi connectivity index (χ3n) is 4.00. The highest BCUT2D eigenvalue weighted by Gasteiger charge is 2.25. The third kappa shape index (κ3) is 1.92. The predicted octanol–water partition coefficient (Wildman–Crippen LogP) is 1.22. The van der Waals surface area contributed by atoms with Crippen molar-refractivity contribution >= 4 is 11.6 Å². The summed E-state index contributed by atoms with van der Waals surface area (Å²) >= 11 is 0. The van der Waals surface area contributed by atoms with Crippen LogP contribution in [0.5, 0.6) is 0 Å². The van der Waals surface area contributed by atoms with Crippen LogP contribution in [0.2, 0.25) is 0 Å². The second kappa shape index (κ2) is 4.84. The smallest absolute Gasteiger partial charge is 0.270 e. The van der Waals surface area contributed by atoms with Gasteiger partial charge in [-0.25, -0.2) is 4.98 Å². The molecule has 3 aromatic rings. The Morgan fingerprint density at radius 2 is 2.14 bits per heavy atom. The summed E-state index contributed by atoms with van der Waals surface area (Å²) in [6, 6.07) is 9.00. The number of rotatable bonds is 1. The van der Waals surface area contributed by atoms with Gasteiger partial charge in [0.15, 0.2) is 0 Å². The first-order valence-corrected chi connectivity index (χ1v) is 7.16. The van der Waals surface area contributed by atoms with Gasteiger partial charge in [0.25, 0.3) is 11.5 Å². The number of amides is 1. The molecular formula is C16H14N4O2. The van der Waals surface area contributed by atoms with E-state index in [1.54, 1.807) is 35.5 Å². The van der Waals surface area contributed by atoms with Gasteiger partial charge < -0.3 is 9.88 Å². The van der Waals surface area contributed by atoms with Gasteiger partial charge in [-0.2, -0.15) is 0 Å². The van der Waals surface area contributed by atoms with Crippen LogP contribution in [0.25, 0.3) is 5.65 Å². The minimum Gasteiger partial charge on any atom is -0.357 e. The van der Waals surface area contributed by atoms with E-state index in [2.05, 4.69) is 9.97 Å². The Bertz CT molecular complexity index is 912. The van der Waals surface area contributed by atoms with Crippen molar-refractivity contribution in [2.75, 3.05) is 6.54 Å². The van der Waals surface area contributed by atoms with Gasteiger partial charge in [-0.05, 0) is 24.3 Å². The Hall–Kier alpha value is -2.89. The van der Waals surface area contributed by atoms with Crippen LogP contribution in [-0.4, -0.2) is 31.7 Å². The van der Waals surface area contributed by atoms with Crippen molar-refractivity contribution in [1.82, 2.24) is 19.3 Å². The zero-order valence-electron chi connectivity index (χ0n) is 11.8. The molecular weight excluding hydrogens is 280 g/mol. The zero-order chi connectivity index (χ0) is 15.1. The Morgan fingerprint density at radius 1 is 1.23 bits per heavy atom. The lowest BCUT2D eigenvalue weighted by molar-refractivity contribution is 0.0727. The van der Waals surface area contributed by atoms with E-state index in [0.717, 1.165) is 5.69 Å². The molecule has 0 fully saturated rings. The van der Waals surface area contributed by atoms with E-state index in [0.29, 0.717) is 36.4 Å². The molecule has 22 heavy (non-hydrogen) atoms. The van der Waals surface area contributed by atoms with E-state index in [9.17, 15) is 9.59 Å². The van der Waals surface area contributed by atoms with Gasteiger partial charge >= 0.3 is 0 Å². The molecule has 6 heteroatoms. The number of carbonyl (C=O) groups is 1. The van der Waals surface area contributed by atoms with Crippen LogP contribution in [0.15, 0.2) is 47.5 Å². The first kappa shape index (κ1) is 12.8. The molecule has 0 bridgehead atoms. The summed E-state index contributed by atoms with van der Waals surface area (Å²) in [5, 5.41) is 0. The van der Waals surface area contributed by atoms with E-state index < -0.39 is 0 Å².